The third kappa shape index (κ3) is 8.63. The van der Waals surface area contributed by atoms with Crippen molar-refractivity contribution in [2.45, 2.75) is 19.3 Å². The minimum atomic E-state index is -4.35. The van der Waals surface area contributed by atoms with Gasteiger partial charge in [0.15, 0.2) is 12.6 Å². The number of rotatable bonds is 7. The maximum Gasteiger partial charge on any atom is 0.422 e. The third-order valence-electron chi connectivity index (χ3n) is 3.48. The molecule has 0 spiro atoms. The molecule has 1 aromatic heterocycles. The Kier molecular flexibility index (Phi) is 9.83. The van der Waals surface area contributed by atoms with Gasteiger partial charge in [-0.1, -0.05) is 18.2 Å². The molecule has 0 aliphatic carbocycles. The number of methoxy groups -OCH3 is 1. The quantitative estimate of drug-likeness (QED) is 0.339. The summed E-state index contributed by atoms with van der Waals surface area (Å²) in [7, 11) is 3.21. The van der Waals surface area contributed by atoms with Crippen molar-refractivity contribution in [2.75, 3.05) is 20.8 Å². The molecule has 6 nitrogen and oxygen atoms in total. The number of aromatic nitrogens is 1. The lowest BCUT2D eigenvalue weighted by atomic mass is 10.2. The summed E-state index contributed by atoms with van der Waals surface area (Å²) >= 11 is 0. The van der Waals surface area contributed by atoms with Gasteiger partial charge in [-0.05, 0) is 23.3 Å². The van der Waals surface area contributed by atoms with E-state index in [1.807, 2.05) is 6.07 Å². The van der Waals surface area contributed by atoms with E-state index in [-0.39, 0.29) is 29.7 Å². The largest absolute Gasteiger partial charge is 0.484 e. The third-order valence-corrected chi connectivity index (χ3v) is 3.48. The molecule has 0 bridgehead atoms. The fourth-order valence-electron chi connectivity index (χ4n) is 2.10. The summed E-state index contributed by atoms with van der Waals surface area (Å²) in [6.45, 7) is -0.317. The number of aliphatic imine (C=N–C) groups is 1. The topological polar surface area (TPSA) is 67.8 Å². The molecule has 0 saturated carbocycles. The Bertz CT molecular complexity index is 738. The highest BCUT2D eigenvalue weighted by molar-refractivity contribution is 14.0. The van der Waals surface area contributed by atoms with Crippen molar-refractivity contribution in [1.29, 1.82) is 0 Å². The second-order valence-corrected chi connectivity index (χ2v) is 5.54. The van der Waals surface area contributed by atoms with Crippen LogP contribution in [-0.4, -0.2) is 37.9 Å². The lowest BCUT2D eigenvalue weighted by molar-refractivity contribution is -0.153. The zero-order chi connectivity index (χ0) is 19.7. The lowest BCUT2D eigenvalue weighted by Crippen LogP contribution is -2.36. The normalized spacial score (nSPS) is 11.4. The molecule has 28 heavy (non-hydrogen) atoms. The van der Waals surface area contributed by atoms with Gasteiger partial charge < -0.3 is 20.1 Å². The Labute approximate surface area is 178 Å². The van der Waals surface area contributed by atoms with Gasteiger partial charge in [0.05, 0.1) is 7.11 Å². The molecule has 10 heteroatoms. The van der Waals surface area contributed by atoms with Gasteiger partial charge in [0.2, 0.25) is 5.88 Å². The standard InChI is InChI=1S/C18H21F3N4O2.HI/c1-22-17(25-11-14-5-8-16(26-2)23-10-14)24-9-13-3-6-15(7-4-13)27-12-18(19,20)21;/h3-8,10H,9,11-12H2,1-2H3,(H2,22,24,25);1H. The van der Waals surface area contributed by atoms with E-state index in [9.17, 15) is 13.2 Å². The SMILES string of the molecule is CN=C(NCc1ccc(OCC(F)(F)F)cc1)NCc1ccc(OC)nc1.I. The van der Waals surface area contributed by atoms with Gasteiger partial charge in [-0.3, -0.25) is 4.99 Å². The average molecular weight is 510 g/mol. The van der Waals surface area contributed by atoms with Crippen LogP contribution in [0.3, 0.4) is 0 Å². The Morgan fingerprint density at radius 3 is 2.14 bits per heavy atom. The van der Waals surface area contributed by atoms with Crippen LogP contribution in [0.1, 0.15) is 11.1 Å². The van der Waals surface area contributed by atoms with Gasteiger partial charge >= 0.3 is 6.18 Å². The van der Waals surface area contributed by atoms with Gasteiger partial charge in [0, 0.05) is 32.4 Å². The van der Waals surface area contributed by atoms with Crippen LogP contribution in [0.15, 0.2) is 47.6 Å². The Morgan fingerprint density at radius 1 is 1.04 bits per heavy atom. The molecule has 2 rings (SSSR count). The fraction of sp³-hybridized carbons (Fsp3) is 0.333. The lowest BCUT2D eigenvalue weighted by Gasteiger charge is -2.13. The van der Waals surface area contributed by atoms with Crippen LogP contribution in [-0.2, 0) is 13.1 Å². The molecule has 0 aliphatic rings. The van der Waals surface area contributed by atoms with E-state index in [1.54, 1.807) is 38.6 Å². The van der Waals surface area contributed by atoms with Crippen molar-refractivity contribution < 1.29 is 22.6 Å². The molecule has 0 radical (unpaired) electrons. The molecule has 1 heterocycles. The highest BCUT2D eigenvalue weighted by atomic mass is 127. The molecule has 2 N–H and O–H groups in total. The number of nitrogens with one attached hydrogen (secondary N) is 2. The number of nitrogens with zero attached hydrogens (tertiary/aromatic N) is 2. The summed E-state index contributed by atoms with van der Waals surface area (Å²) in [5.74, 6) is 1.30. The van der Waals surface area contributed by atoms with E-state index in [4.69, 9.17) is 4.74 Å². The van der Waals surface area contributed by atoms with Crippen LogP contribution in [0.5, 0.6) is 11.6 Å². The second-order valence-electron chi connectivity index (χ2n) is 5.54. The molecular formula is C18H22F3IN4O2. The Balaban J connectivity index is 0.00000392. The molecule has 154 valence electrons. The zero-order valence-electron chi connectivity index (χ0n) is 15.4. The van der Waals surface area contributed by atoms with Crippen molar-refractivity contribution in [3.63, 3.8) is 0 Å². The van der Waals surface area contributed by atoms with Gasteiger partial charge in [0.1, 0.15) is 5.75 Å². The van der Waals surface area contributed by atoms with Crippen molar-refractivity contribution >= 4 is 29.9 Å². The first-order chi connectivity index (χ1) is 12.9. The number of ether oxygens (including phenoxy) is 2. The van der Waals surface area contributed by atoms with E-state index in [1.165, 1.54) is 12.1 Å². The van der Waals surface area contributed by atoms with Crippen LogP contribution in [0.2, 0.25) is 0 Å². The van der Waals surface area contributed by atoms with E-state index in [0.29, 0.717) is 24.9 Å². The van der Waals surface area contributed by atoms with E-state index in [0.717, 1.165) is 11.1 Å². The van der Waals surface area contributed by atoms with E-state index >= 15 is 0 Å². The maximum atomic E-state index is 12.1. The predicted octanol–water partition coefficient (Wildman–Crippen LogP) is 3.51. The number of pyridine rings is 1. The summed E-state index contributed by atoms with van der Waals surface area (Å²) in [5.41, 5.74) is 1.84. The number of hydrogen-bond acceptors (Lipinski definition) is 4. The van der Waals surface area contributed by atoms with Crippen LogP contribution >= 0.6 is 24.0 Å². The number of benzene rings is 1. The molecule has 0 amide bonds. The molecule has 0 atom stereocenters. The number of alkyl halides is 3. The van der Waals surface area contributed by atoms with Crippen molar-refractivity contribution in [3.8, 4) is 11.6 Å². The summed E-state index contributed by atoms with van der Waals surface area (Å²) in [6.07, 6.45) is -2.64. The Hall–Kier alpha value is -2.24. The minimum Gasteiger partial charge on any atom is -0.484 e. The fourth-order valence-corrected chi connectivity index (χ4v) is 2.10. The number of guanidine groups is 1. The van der Waals surface area contributed by atoms with Gasteiger partial charge in [-0.2, -0.15) is 13.2 Å². The molecule has 0 saturated heterocycles. The smallest absolute Gasteiger partial charge is 0.422 e. The molecule has 0 aliphatic heterocycles. The van der Waals surface area contributed by atoms with Crippen LogP contribution < -0.4 is 20.1 Å². The highest BCUT2D eigenvalue weighted by Gasteiger charge is 2.28. The zero-order valence-corrected chi connectivity index (χ0v) is 17.7. The second kappa shape index (κ2) is 11.6. The molecule has 0 unspecified atom stereocenters. The summed E-state index contributed by atoms with van der Waals surface area (Å²) in [5, 5.41) is 6.28. The van der Waals surface area contributed by atoms with Crippen LogP contribution in [0.25, 0.3) is 0 Å². The number of halogens is 4. The van der Waals surface area contributed by atoms with Crippen molar-refractivity contribution in [3.05, 3.63) is 53.7 Å². The first-order valence-electron chi connectivity index (χ1n) is 8.11. The van der Waals surface area contributed by atoms with Crippen molar-refractivity contribution in [2.24, 2.45) is 4.99 Å². The maximum absolute atomic E-state index is 12.1. The van der Waals surface area contributed by atoms with Gasteiger partial charge in [-0.25, -0.2) is 4.98 Å². The van der Waals surface area contributed by atoms with Gasteiger partial charge in [0.25, 0.3) is 0 Å². The summed E-state index contributed by atoms with van der Waals surface area (Å²) < 4.78 is 46.1. The summed E-state index contributed by atoms with van der Waals surface area (Å²) in [4.78, 5) is 8.25. The highest BCUT2D eigenvalue weighted by Crippen LogP contribution is 2.18. The van der Waals surface area contributed by atoms with E-state index in [2.05, 4.69) is 25.3 Å². The monoisotopic (exact) mass is 510 g/mol. The first kappa shape index (κ1) is 23.8. The summed E-state index contributed by atoms with van der Waals surface area (Å²) in [6, 6.07) is 10.1. The Morgan fingerprint density at radius 2 is 1.64 bits per heavy atom. The number of hydrogen-bond donors (Lipinski definition) is 2. The van der Waals surface area contributed by atoms with Crippen LogP contribution in [0, 0.1) is 0 Å². The molecule has 1 aromatic carbocycles. The minimum absolute atomic E-state index is 0. The predicted molar refractivity (Wildman–Crippen MR) is 111 cm³/mol. The van der Waals surface area contributed by atoms with Gasteiger partial charge in [-0.15, -0.1) is 24.0 Å². The van der Waals surface area contributed by atoms with Crippen LogP contribution in [0.4, 0.5) is 13.2 Å². The van der Waals surface area contributed by atoms with Crippen molar-refractivity contribution in [1.82, 2.24) is 15.6 Å². The average Bonchev–Trinajstić information content (AvgIpc) is 2.67. The molecule has 2 aromatic rings. The van der Waals surface area contributed by atoms with E-state index < -0.39 is 12.8 Å². The molecule has 0 fully saturated rings. The molecular weight excluding hydrogens is 488 g/mol. The first-order valence-corrected chi connectivity index (χ1v) is 8.11.